The van der Waals surface area contributed by atoms with E-state index in [1.54, 1.807) is 29.1 Å². The van der Waals surface area contributed by atoms with Gasteiger partial charge in [0.25, 0.3) is 23.6 Å². The molecule has 478 valence electrons. The van der Waals surface area contributed by atoms with Crippen molar-refractivity contribution in [3.8, 4) is 28.7 Å². The summed E-state index contributed by atoms with van der Waals surface area (Å²) >= 11 is 6.60. The standard InChI is InChI=1S/C57H64ClN7O23S/c1-62(12-16-82-17-13-63-26-32(60-61-63)11-15-81-18-14-64-45(68)9-10-46(64)69)54(76)29-3-8-40(84-57-53(75)51(73)49(71)44(28-67)86-57)42(21-29)88-89(78,79)87-41-23-39-47(36-22-33(80-2)4-6-35(36)41)31(24-58)25-65(39)55(77)38-20-30-19-34(5-7-37(30)59-38)83-56-52(74)50(72)48(70)43(27-66)85-56/h3-10,19-23,26,31,43-44,48-53,56-57,59,66-67,70-75H,11-18,24-25,27-28H2,1-2H3/t31-,43-,44-,48+,49+,50+,51+,52-,53-,56?,57-/m1/s1. The monoisotopic (exact) mass is 1280 g/mol. The van der Waals surface area contributed by atoms with E-state index in [0.29, 0.717) is 46.3 Å². The lowest BCUT2D eigenvalue weighted by Crippen LogP contribution is -2.60. The fourth-order valence-corrected chi connectivity index (χ4v) is 11.5. The molecular formula is C57H64ClN7O23S. The highest BCUT2D eigenvalue weighted by Gasteiger charge is 2.47. The van der Waals surface area contributed by atoms with E-state index in [0.717, 1.165) is 17.0 Å². The van der Waals surface area contributed by atoms with Gasteiger partial charge in [0, 0.05) is 84.6 Å². The second-order valence-electron chi connectivity index (χ2n) is 21.1. The molecule has 0 bridgehead atoms. The number of alkyl halides is 1. The van der Waals surface area contributed by atoms with Gasteiger partial charge in [-0.15, -0.1) is 25.1 Å². The van der Waals surface area contributed by atoms with E-state index in [2.05, 4.69) is 15.3 Å². The fourth-order valence-electron chi connectivity index (χ4n) is 10.5. The summed E-state index contributed by atoms with van der Waals surface area (Å²) in [6.07, 6.45) is -12.1. The normalized spacial score (nSPS) is 24.4. The van der Waals surface area contributed by atoms with Crippen molar-refractivity contribution >= 4 is 73.0 Å². The highest BCUT2D eigenvalue weighted by Crippen LogP contribution is 2.48. The average Bonchev–Trinajstić information content (AvgIpc) is 1.70. The number of benzene rings is 4. The Morgan fingerprint density at radius 1 is 0.742 bits per heavy atom. The maximum absolute atomic E-state index is 14.7. The quantitative estimate of drug-likeness (QED) is 0.0183. The molecule has 0 radical (unpaired) electrons. The van der Waals surface area contributed by atoms with Gasteiger partial charge < -0.3 is 97.2 Å². The van der Waals surface area contributed by atoms with Gasteiger partial charge in [-0.2, -0.15) is 0 Å². The van der Waals surface area contributed by atoms with Crippen molar-refractivity contribution in [1.29, 1.82) is 0 Å². The van der Waals surface area contributed by atoms with Crippen LogP contribution in [0.1, 0.15) is 38.0 Å². The number of aromatic amines is 1. The van der Waals surface area contributed by atoms with Crippen LogP contribution in [0.15, 0.2) is 85.1 Å². The first-order valence-corrected chi connectivity index (χ1v) is 29.8. The second-order valence-corrected chi connectivity index (χ2v) is 22.6. The lowest BCUT2D eigenvalue weighted by atomic mass is 9.95. The zero-order chi connectivity index (χ0) is 63.4. The van der Waals surface area contributed by atoms with Gasteiger partial charge in [-0.3, -0.25) is 24.1 Å². The second kappa shape index (κ2) is 27.6. The van der Waals surface area contributed by atoms with E-state index >= 15 is 0 Å². The number of imide groups is 1. The van der Waals surface area contributed by atoms with Gasteiger partial charge in [0.1, 0.15) is 66.0 Å². The SMILES string of the molecule is COc1ccc2c(OS(=O)(=O)Oc3cc(C(=O)N(C)CCOCCn4cc(CCOCCN5C(=O)C=CC5=O)nn4)ccc3O[C@@H]3O[C@H](CO)[C@H](O)[C@H](O)[C@H]3O)cc3c(c2c1)[C@H](CCl)CN3C(=O)c1cc2cc(OC3O[C@H](CO)[C@H](O)[C@H](O)[C@H]3O)ccc2[nH]1. The van der Waals surface area contributed by atoms with Gasteiger partial charge in [-0.1, -0.05) is 5.21 Å². The van der Waals surface area contributed by atoms with E-state index in [9.17, 15) is 68.4 Å². The molecule has 4 aliphatic rings. The van der Waals surface area contributed by atoms with E-state index < -0.39 is 114 Å². The van der Waals surface area contributed by atoms with Crippen molar-refractivity contribution in [2.75, 3.05) is 84.2 Å². The molecule has 1 unspecified atom stereocenters. The maximum atomic E-state index is 14.7. The lowest BCUT2D eigenvalue weighted by Gasteiger charge is -2.39. The molecule has 2 saturated heterocycles. The van der Waals surface area contributed by atoms with Crippen LogP contribution in [-0.4, -0.2) is 243 Å². The molecule has 6 aromatic rings. The first kappa shape index (κ1) is 64.4. The van der Waals surface area contributed by atoms with Crippen LogP contribution in [0.5, 0.6) is 28.7 Å². The van der Waals surface area contributed by atoms with E-state index in [-0.39, 0.29) is 97.6 Å². The maximum Gasteiger partial charge on any atom is 0.501 e. The molecule has 0 spiro atoms. The Morgan fingerprint density at radius 2 is 1.40 bits per heavy atom. The third-order valence-electron chi connectivity index (χ3n) is 15.3. The van der Waals surface area contributed by atoms with Crippen molar-refractivity contribution < 1.29 is 110 Å². The molecule has 9 N–H and O–H groups in total. The van der Waals surface area contributed by atoms with Crippen molar-refractivity contribution in [1.82, 2.24) is 29.8 Å². The number of rotatable bonds is 26. The number of carbonyl (C=O) groups is 4. The molecule has 2 aromatic heterocycles. The number of likely N-dealkylation sites (N-methyl/N-ethyl adjacent to an activating group) is 1. The van der Waals surface area contributed by atoms with Crippen molar-refractivity contribution in [2.45, 2.75) is 80.3 Å². The number of halogens is 1. The Bertz CT molecular complexity index is 3700. The number of amides is 4. The van der Waals surface area contributed by atoms with Gasteiger partial charge in [0.15, 0.2) is 17.2 Å². The first-order chi connectivity index (χ1) is 42.7. The first-order valence-electron chi connectivity index (χ1n) is 27.9. The summed E-state index contributed by atoms with van der Waals surface area (Å²) in [5.41, 5.74) is 1.76. The summed E-state index contributed by atoms with van der Waals surface area (Å²) in [6.45, 7) is -0.368. The zero-order valence-corrected chi connectivity index (χ0v) is 49.2. The molecule has 32 heteroatoms. The van der Waals surface area contributed by atoms with Crippen LogP contribution in [0, 0.1) is 0 Å². The van der Waals surface area contributed by atoms with Crippen LogP contribution >= 0.6 is 11.6 Å². The van der Waals surface area contributed by atoms with Gasteiger partial charge >= 0.3 is 10.4 Å². The molecule has 10 rings (SSSR count). The molecule has 30 nitrogen and oxygen atoms in total. The predicted molar refractivity (Wildman–Crippen MR) is 308 cm³/mol. The van der Waals surface area contributed by atoms with Crippen LogP contribution in [0.3, 0.4) is 0 Å². The van der Waals surface area contributed by atoms with Gasteiger partial charge in [0.2, 0.25) is 12.6 Å². The van der Waals surface area contributed by atoms with Crippen LogP contribution in [0.25, 0.3) is 21.7 Å². The summed E-state index contributed by atoms with van der Waals surface area (Å²) in [4.78, 5) is 59.0. The van der Waals surface area contributed by atoms with Gasteiger partial charge in [-0.25, -0.2) is 4.68 Å². The molecule has 4 amide bonds. The third-order valence-corrected chi connectivity index (χ3v) is 16.4. The van der Waals surface area contributed by atoms with E-state index in [4.69, 9.17) is 53.1 Å². The van der Waals surface area contributed by atoms with Crippen LogP contribution < -0.4 is 27.5 Å². The zero-order valence-electron chi connectivity index (χ0n) is 47.6. The minimum Gasteiger partial charge on any atom is -0.497 e. The molecule has 4 aliphatic heterocycles. The number of hydrogen-bond donors (Lipinski definition) is 9. The lowest BCUT2D eigenvalue weighted by molar-refractivity contribution is -0.277. The minimum atomic E-state index is -5.34. The minimum absolute atomic E-state index is 0.00550. The van der Waals surface area contributed by atoms with Crippen molar-refractivity contribution in [3.63, 3.8) is 0 Å². The number of aliphatic hydroxyl groups is 8. The molecule has 11 atom stereocenters. The molecule has 0 aliphatic carbocycles. The largest absolute Gasteiger partial charge is 0.501 e. The average molecular weight is 1280 g/mol. The molecule has 89 heavy (non-hydrogen) atoms. The molecule has 4 aromatic carbocycles. The fraction of sp³-hybridized carbons (Fsp3) is 0.439. The van der Waals surface area contributed by atoms with Crippen molar-refractivity contribution in [3.05, 3.63) is 108 Å². The molecule has 2 fully saturated rings. The van der Waals surface area contributed by atoms with E-state index in [1.165, 1.54) is 72.5 Å². The Kier molecular flexibility index (Phi) is 20.0. The van der Waals surface area contributed by atoms with Crippen LogP contribution in [0.2, 0.25) is 0 Å². The highest BCUT2D eigenvalue weighted by atomic mass is 35.5. The molecule has 0 saturated carbocycles. The Labute approximate surface area is 511 Å². The van der Waals surface area contributed by atoms with Crippen molar-refractivity contribution in [2.24, 2.45) is 0 Å². The number of carbonyl (C=O) groups excluding carboxylic acids is 4. The highest BCUT2D eigenvalue weighted by molar-refractivity contribution is 7.82. The van der Waals surface area contributed by atoms with Gasteiger partial charge in [0.05, 0.1) is 71.2 Å². The summed E-state index contributed by atoms with van der Waals surface area (Å²) in [7, 11) is -2.45. The topological polar surface area (TPSA) is 404 Å². The number of H-pyrrole nitrogens is 1. The Hall–Kier alpha value is -7.60. The van der Waals surface area contributed by atoms with Crippen LogP contribution in [0.4, 0.5) is 5.69 Å². The number of methoxy groups -OCH3 is 1. The van der Waals surface area contributed by atoms with E-state index in [1.807, 2.05) is 0 Å². The number of aliphatic hydroxyl groups excluding tert-OH is 8. The third kappa shape index (κ3) is 14.1. The Morgan fingerprint density at radius 3 is 2.09 bits per heavy atom. The summed E-state index contributed by atoms with van der Waals surface area (Å²) in [5.74, 6) is -3.55. The number of aromatic nitrogens is 4. The number of ether oxygens (including phenoxy) is 7. The molecular weight excluding hydrogens is 1220 g/mol. The number of nitrogens with zero attached hydrogens (tertiary/aromatic N) is 6. The summed E-state index contributed by atoms with van der Waals surface area (Å²) in [6, 6.07) is 15.5. The summed E-state index contributed by atoms with van der Waals surface area (Å²) in [5, 5.41) is 91.8. The predicted octanol–water partition coefficient (Wildman–Crippen LogP) is -0.763. The number of nitrogens with one attached hydrogen (secondary N) is 1. The Balaban J connectivity index is 0.852. The number of fused-ring (bicyclic) bond motifs is 4. The summed E-state index contributed by atoms with van der Waals surface area (Å²) < 4.78 is 81.4. The smallest absolute Gasteiger partial charge is 0.497 e. The van der Waals surface area contributed by atoms with Gasteiger partial charge in [-0.05, 0) is 71.6 Å². The van der Waals surface area contributed by atoms with Crippen LogP contribution in [-0.2, 0) is 51.9 Å². The molecule has 6 heterocycles. The number of hydrogen-bond acceptors (Lipinski definition) is 25. The number of anilines is 1.